The number of nitrogens with zero attached hydrogens (tertiary/aromatic N) is 1. The Bertz CT molecular complexity index is 711. The molecule has 2 heterocycles. The number of hydrogen-bond acceptors (Lipinski definition) is 4. The van der Waals surface area contributed by atoms with Crippen molar-refractivity contribution < 1.29 is 18.7 Å². The lowest BCUT2D eigenvalue weighted by Crippen LogP contribution is -2.48. The molecular weight excluding hydrogens is 294 g/mol. The Hall–Kier alpha value is -2.01. The summed E-state index contributed by atoms with van der Waals surface area (Å²) in [5.74, 6) is 1.13. The first-order valence-electron chi connectivity index (χ1n) is 8.10. The molecule has 0 spiro atoms. The lowest BCUT2D eigenvalue weighted by atomic mass is 10.1. The van der Waals surface area contributed by atoms with Gasteiger partial charge in [-0.1, -0.05) is 0 Å². The van der Waals surface area contributed by atoms with E-state index in [2.05, 4.69) is 0 Å². The molecule has 1 aromatic carbocycles. The Balaban J connectivity index is 1.93. The van der Waals surface area contributed by atoms with Crippen LogP contribution in [0.15, 0.2) is 22.6 Å². The summed E-state index contributed by atoms with van der Waals surface area (Å²) < 4.78 is 17.1. The third-order valence-corrected chi connectivity index (χ3v) is 4.12. The van der Waals surface area contributed by atoms with Crippen molar-refractivity contribution in [3.63, 3.8) is 0 Å². The third-order valence-electron chi connectivity index (χ3n) is 4.12. The molecule has 5 heteroatoms. The quantitative estimate of drug-likeness (QED) is 0.871. The maximum absolute atomic E-state index is 12.8. The van der Waals surface area contributed by atoms with E-state index >= 15 is 0 Å². The normalized spacial score (nSPS) is 21.7. The Kier molecular flexibility index (Phi) is 4.31. The highest BCUT2D eigenvalue weighted by Gasteiger charge is 2.30. The van der Waals surface area contributed by atoms with E-state index < -0.39 is 0 Å². The van der Waals surface area contributed by atoms with Crippen LogP contribution < -0.4 is 4.74 Å². The number of aryl methyl sites for hydroxylation is 1. The number of rotatable bonds is 3. The molecule has 1 aliphatic rings. The van der Waals surface area contributed by atoms with Gasteiger partial charge in [0.05, 0.1) is 18.8 Å². The summed E-state index contributed by atoms with van der Waals surface area (Å²) in [5.41, 5.74) is 1.57. The minimum atomic E-state index is -0.0707. The number of carbonyl (C=O) groups excluding carboxylic acids is 1. The SMILES string of the molecule is CCOc1ccc2oc(C(=O)N3C[C@@H](C)O[C@@H](C)C3)c(C)c2c1. The monoisotopic (exact) mass is 317 g/mol. The molecule has 1 saturated heterocycles. The van der Waals surface area contributed by atoms with Crippen molar-refractivity contribution in [2.75, 3.05) is 19.7 Å². The number of furan rings is 1. The number of carbonyl (C=O) groups is 1. The van der Waals surface area contributed by atoms with Gasteiger partial charge in [0.1, 0.15) is 11.3 Å². The second-order valence-corrected chi connectivity index (χ2v) is 6.11. The van der Waals surface area contributed by atoms with Gasteiger partial charge in [0, 0.05) is 24.0 Å². The third kappa shape index (κ3) is 3.06. The average molecular weight is 317 g/mol. The molecule has 0 bridgehead atoms. The van der Waals surface area contributed by atoms with Gasteiger partial charge < -0.3 is 18.8 Å². The van der Waals surface area contributed by atoms with Crippen LogP contribution in [0.1, 0.15) is 36.9 Å². The molecule has 124 valence electrons. The lowest BCUT2D eigenvalue weighted by Gasteiger charge is -2.34. The van der Waals surface area contributed by atoms with Gasteiger partial charge in [0.2, 0.25) is 0 Å². The van der Waals surface area contributed by atoms with Crippen LogP contribution in [0.2, 0.25) is 0 Å². The van der Waals surface area contributed by atoms with Gasteiger partial charge in [-0.2, -0.15) is 0 Å². The first-order valence-corrected chi connectivity index (χ1v) is 8.10. The van der Waals surface area contributed by atoms with Gasteiger partial charge in [0.15, 0.2) is 5.76 Å². The summed E-state index contributed by atoms with van der Waals surface area (Å²) in [6.07, 6.45) is 0.0777. The van der Waals surface area contributed by atoms with Crippen molar-refractivity contribution in [2.45, 2.75) is 39.9 Å². The smallest absolute Gasteiger partial charge is 0.290 e. The number of fused-ring (bicyclic) bond motifs is 1. The standard InChI is InChI=1S/C18H23NO4/c1-5-21-14-6-7-16-15(8-14)13(4)17(23-16)18(20)19-9-11(2)22-12(3)10-19/h6-8,11-12H,5,9-10H2,1-4H3/t11-,12+. The largest absolute Gasteiger partial charge is 0.494 e. The van der Waals surface area contributed by atoms with E-state index in [4.69, 9.17) is 13.9 Å². The summed E-state index contributed by atoms with van der Waals surface area (Å²) in [6.45, 7) is 9.61. The molecule has 1 amide bonds. The van der Waals surface area contributed by atoms with Crippen LogP contribution in [0.5, 0.6) is 5.75 Å². The first kappa shape index (κ1) is 15.9. The molecule has 0 unspecified atom stereocenters. The summed E-state index contributed by atoms with van der Waals surface area (Å²) in [4.78, 5) is 14.6. The maximum atomic E-state index is 12.8. The second kappa shape index (κ2) is 6.24. The lowest BCUT2D eigenvalue weighted by molar-refractivity contribution is -0.0592. The number of hydrogen-bond donors (Lipinski definition) is 0. The molecule has 0 radical (unpaired) electrons. The van der Waals surface area contributed by atoms with E-state index in [-0.39, 0.29) is 18.1 Å². The number of ether oxygens (including phenoxy) is 2. The Morgan fingerprint density at radius 1 is 1.30 bits per heavy atom. The van der Waals surface area contributed by atoms with Crippen LogP contribution in [0.3, 0.4) is 0 Å². The summed E-state index contributed by atoms with van der Waals surface area (Å²) in [5, 5.41) is 0.925. The van der Waals surface area contributed by atoms with Crippen LogP contribution in [-0.2, 0) is 4.74 Å². The minimum absolute atomic E-state index is 0.0388. The van der Waals surface area contributed by atoms with Crippen molar-refractivity contribution in [3.05, 3.63) is 29.5 Å². The van der Waals surface area contributed by atoms with Gasteiger partial charge in [-0.3, -0.25) is 4.79 Å². The molecule has 0 aliphatic carbocycles. The minimum Gasteiger partial charge on any atom is -0.494 e. The van der Waals surface area contributed by atoms with E-state index in [1.807, 2.05) is 50.8 Å². The molecular formula is C18H23NO4. The summed E-state index contributed by atoms with van der Waals surface area (Å²) >= 11 is 0. The van der Waals surface area contributed by atoms with Gasteiger partial charge in [0.25, 0.3) is 5.91 Å². The van der Waals surface area contributed by atoms with Crippen LogP contribution in [-0.4, -0.2) is 42.7 Å². The summed E-state index contributed by atoms with van der Waals surface area (Å²) in [6, 6.07) is 5.65. The summed E-state index contributed by atoms with van der Waals surface area (Å²) in [7, 11) is 0. The fraction of sp³-hybridized carbons (Fsp3) is 0.500. The van der Waals surface area contributed by atoms with Gasteiger partial charge in [-0.25, -0.2) is 0 Å². The van der Waals surface area contributed by atoms with E-state index in [1.165, 1.54) is 0 Å². The van der Waals surface area contributed by atoms with E-state index in [9.17, 15) is 4.79 Å². The molecule has 3 rings (SSSR count). The molecule has 5 nitrogen and oxygen atoms in total. The average Bonchev–Trinajstić information content (AvgIpc) is 2.83. The molecule has 2 atom stereocenters. The molecule has 1 aromatic heterocycles. The van der Waals surface area contributed by atoms with Crippen LogP contribution in [0.25, 0.3) is 11.0 Å². The zero-order valence-corrected chi connectivity index (χ0v) is 14.1. The molecule has 0 saturated carbocycles. The van der Waals surface area contributed by atoms with Crippen molar-refractivity contribution in [2.24, 2.45) is 0 Å². The predicted molar refractivity (Wildman–Crippen MR) is 88.0 cm³/mol. The fourth-order valence-electron chi connectivity index (χ4n) is 3.15. The zero-order valence-electron chi connectivity index (χ0n) is 14.1. The Labute approximate surface area is 136 Å². The van der Waals surface area contributed by atoms with Gasteiger partial charge >= 0.3 is 0 Å². The van der Waals surface area contributed by atoms with Crippen LogP contribution in [0.4, 0.5) is 0 Å². The maximum Gasteiger partial charge on any atom is 0.290 e. The molecule has 1 aliphatic heterocycles. The zero-order chi connectivity index (χ0) is 16.6. The number of morpholine rings is 1. The van der Waals surface area contributed by atoms with Gasteiger partial charge in [-0.05, 0) is 45.9 Å². The van der Waals surface area contributed by atoms with Crippen molar-refractivity contribution in [1.82, 2.24) is 4.90 Å². The Morgan fingerprint density at radius 2 is 2.00 bits per heavy atom. The van der Waals surface area contributed by atoms with Crippen molar-refractivity contribution >= 4 is 16.9 Å². The van der Waals surface area contributed by atoms with E-state index in [0.29, 0.717) is 31.0 Å². The Morgan fingerprint density at radius 3 is 2.65 bits per heavy atom. The molecule has 1 fully saturated rings. The van der Waals surface area contributed by atoms with Crippen molar-refractivity contribution in [3.8, 4) is 5.75 Å². The second-order valence-electron chi connectivity index (χ2n) is 6.11. The molecule has 23 heavy (non-hydrogen) atoms. The molecule has 0 N–H and O–H groups in total. The first-order chi connectivity index (χ1) is 11.0. The highest BCUT2D eigenvalue weighted by atomic mass is 16.5. The fourth-order valence-corrected chi connectivity index (χ4v) is 3.15. The predicted octanol–water partition coefficient (Wildman–Crippen LogP) is 3.39. The number of benzene rings is 1. The topological polar surface area (TPSA) is 51.9 Å². The van der Waals surface area contributed by atoms with Gasteiger partial charge in [-0.15, -0.1) is 0 Å². The van der Waals surface area contributed by atoms with Crippen LogP contribution in [0, 0.1) is 6.92 Å². The highest BCUT2D eigenvalue weighted by Crippen LogP contribution is 2.30. The van der Waals surface area contributed by atoms with E-state index in [1.54, 1.807) is 0 Å². The number of amides is 1. The molecule has 2 aromatic rings. The highest BCUT2D eigenvalue weighted by molar-refractivity contribution is 5.99. The van der Waals surface area contributed by atoms with Crippen molar-refractivity contribution in [1.29, 1.82) is 0 Å². The van der Waals surface area contributed by atoms with E-state index in [0.717, 1.165) is 16.7 Å². The van der Waals surface area contributed by atoms with Crippen LogP contribution >= 0.6 is 0 Å².